The molecule has 1 fully saturated rings. The molecular formula is C6H11O3-. The molecule has 0 atom stereocenters. The fourth-order valence-electron chi connectivity index (χ4n) is 1.22. The van der Waals surface area contributed by atoms with Crippen LogP contribution in [0.2, 0.25) is 0 Å². The van der Waals surface area contributed by atoms with Crippen molar-refractivity contribution in [1.82, 2.24) is 0 Å². The summed E-state index contributed by atoms with van der Waals surface area (Å²) in [7, 11) is 0. The maximum absolute atomic E-state index is 9.48. The molecule has 0 radical (unpaired) electrons. The number of hydrogen-bond donors (Lipinski definition) is 0. The minimum Gasteiger partial charge on any atom is -0.692 e. The molecule has 0 bridgehead atoms. The molecule has 3 heteroatoms. The highest BCUT2D eigenvalue weighted by molar-refractivity contribution is 4.62. The van der Waals surface area contributed by atoms with Crippen LogP contribution in [0.1, 0.15) is 32.1 Å². The lowest BCUT2D eigenvalue weighted by molar-refractivity contribution is -0.805. The Kier molecular flexibility index (Phi) is 2.97. The summed E-state index contributed by atoms with van der Waals surface area (Å²) in [6.07, 6.45) is 5.60. The fraction of sp³-hybridized carbons (Fsp3) is 1.00. The van der Waals surface area contributed by atoms with E-state index in [1.54, 1.807) is 0 Å². The molecule has 0 aromatic carbocycles. The Morgan fingerprint density at radius 3 is 2.33 bits per heavy atom. The first-order valence-corrected chi connectivity index (χ1v) is 3.39. The highest BCUT2D eigenvalue weighted by Crippen LogP contribution is 2.19. The lowest BCUT2D eigenvalue weighted by atomic mass is 9.98. The summed E-state index contributed by atoms with van der Waals surface area (Å²) in [6, 6.07) is 0. The van der Waals surface area contributed by atoms with Gasteiger partial charge in [-0.3, -0.25) is 5.04 Å². The summed E-state index contributed by atoms with van der Waals surface area (Å²) in [5, 5.41) is 12.8. The van der Waals surface area contributed by atoms with E-state index in [4.69, 9.17) is 0 Å². The van der Waals surface area contributed by atoms with Crippen LogP contribution in [-0.2, 0) is 9.93 Å². The molecule has 1 aliphatic rings. The molecule has 3 nitrogen and oxygen atoms in total. The third-order valence-corrected chi connectivity index (χ3v) is 1.73. The van der Waals surface area contributed by atoms with E-state index >= 15 is 0 Å². The molecule has 0 N–H and O–H groups in total. The molecule has 0 heterocycles. The minimum atomic E-state index is 0.0660. The Hall–Kier alpha value is -0.120. The zero-order valence-corrected chi connectivity index (χ0v) is 5.34. The maximum atomic E-state index is 9.48. The van der Waals surface area contributed by atoms with E-state index in [2.05, 4.69) is 9.93 Å². The highest BCUT2D eigenvalue weighted by Gasteiger charge is 2.12. The second-order valence-electron chi connectivity index (χ2n) is 2.42. The molecule has 0 saturated heterocycles. The van der Waals surface area contributed by atoms with Crippen molar-refractivity contribution in [3.05, 3.63) is 0 Å². The number of hydrogen-bond acceptors (Lipinski definition) is 3. The average molecular weight is 131 g/mol. The van der Waals surface area contributed by atoms with Crippen molar-refractivity contribution in [2.75, 3.05) is 0 Å². The van der Waals surface area contributed by atoms with Crippen LogP contribution in [0.5, 0.6) is 0 Å². The van der Waals surface area contributed by atoms with Crippen LogP contribution in [0.3, 0.4) is 0 Å². The van der Waals surface area contributed by atoms with Gasteiger partial charge in [-0.25, -0.2) is 4.89 Å². The Labute approximate surface area is 54.4 Å². The summed E-state index contributed by atoms with van der Waals surface area (Å²) in [5.74, 6) is 0. The molecular weight excluding hydrogens is 120 g/mol. The Morgan fingerprint density at radius 2 is 1.78 bits per heavy atom. The predicted octanol–water partition coefficient (Wildman–Crippen LogP) is 0.543. The van der Waals surface area contributed by atoms with Gasteiger partial charge >= 0.3 is 0 Å². The zero-order valence-electron chi connectivity index (χ0n) is 5.34. The van der Waals surface area contributed by atoms with Crippen LogP contribution in [0.25, 0.3) is 0 Å². The highest BCUT2D eigenvalue weighted by atomic mass is 17.5. The first kappa shape index (κ1) is 6.99. The summed E-state index contributed by atoms with van der Waals surface area (Å²) < 4.78 is 0. The van der Waals surface area contributed by atoms with Crippen LogP contribution in [-0.4, -0.2) is 6.10 Å². The van der Waals surface area contributed by atoms with E-state index in [1.807, 2.05) is 0 Å². The second-order valence-corrected chi connectivity index (χ2v) is 2.42. The molecule has 1 aliphatic carbocycles. The molecule has 1 saturated carbocycles. The normalized spacial score (nSPS) is 22.3. The van der Waals surface area contributed by atoms with E-state index < -0.39 is 0 Å². The van der Waals surface area contributed by atoms with Gasteiger partial charge in [0.1, 0.15) is 0 Å². The summed E-state index contributed by atoms with van der Waals surface area (Å²) >= 11 is 0. The van der Waals surface area contributed by atoms with Crippen molar-refractivity contribution in [3.63, 3.8) is 0 Å². The van der Waals surface area contributed by atoms with Crippen LogP contribution < -0.4 is 5.26 Å². The van der Waals surface area contributed by atoms with E-state index in [9.17, 15) is 5.26 Å². The van der Waals surface area contributed by atoms with Crippen molar-refractivity contribution < 1.29 is 15.2 Å². The third kappa shape index (κ3) is 2.30. The predicted molar refractivity (Wildman–Crippen MR) is 29.0 cm³/mol. The molecule has 0 spiro atoms. The summed E-state index contributed by atoms with van der Waals surface area (Å²) in [5.41, 5.74) is 0. The molecule has 0 aliphatic heterocycles. The number of rotatable bonds is 2. The van der Waals surface area contributed by atoms with Crippen molar-refractivity contribution >= 4 is 0 Å². The molecule has 0 amide bonds. The first-order valence-electron chi connectivity index (χ1n) is 3.39. The third-order valence-electron chi connectivity index (χ3n) is 1.73. The molecule has 0 aromatic heterocycles. The SMILES string of the molecule is [O-]OOC1CCCCC1. The Bertz CT molecular complexity index is 65.9. The van der Waals surface area contributed by atoms with Crippen LogP contribution in [0, 0.1) is 0 Å². The van der Waals surface area contributed by atoms with Crippen molar-refractivity contribution in [2.24, 2.45) is 0 Å². The van der Waals surface area contributed by atoms with Crippen LogP contribution >= 0.6 is 0 Å². The lowest BCUT2D eigenvalue weighted by Gasteiger charge is -2.21. The van der Waals surface area contributed by atoms with Gasteiger partial charge in [0.2, 0.25) is 0 Å². The quantitative estimate of drug-likeness (QED) is 0.405. The smallest absolute Gasteiger partial charge is 0.0921 e. The molecule has 1 rings (SSSR count). The van der Waals surface area contributed by atoms with Gasteiger partial charge in [0.25, 0.3) is 0 Å². The van der Waals surface area contributed by atoms with Crippen LogP contribution in [0.15, 0.2) is 0 Å². The molecule has 9 heavy (non-hydrogen) atoms. The monoisotopic (exact) mass is 131 g/mol. The maximum Gasteiger partial charge on any atom is 0.0921 e. The largest absolute Gasteiger partial charge is 0.692 e. The minimum absolute atomic E-state index is 0.0660. The summed E-state index contributed by atoms with van der Waals surface area (Å²) in [6.45, 7) is 0. The fourth-order valence-corrected chi connectivity index (χ4v) is 1.22. The van der Waals surface area contributed by atoms with Gasteiger partial charge in [0, 0.05) is 0 Å². The van der Waals surface area contributed by atoms with Gasteiger partial charge in [-0.05, 0) is 12.8 Å². The van der Waals surface area contributed by atoms with E-state index in [0.717, 1.165) is 25.7 Å². The second kappa shape index (κ2) is 3.82. The summed E-state index contributed by atoms with van der Waals surface area (Å²) in [4.78, 5) is 4.43. The van der Waals surface area contributed by atoms with Crippen molar-refractivity contribution in [1.29, 1.82) is 0 Å². The topological polar surface area (TPSA) is 41.5 Å². The Balaban J connectivity index is 2.08. The molecule has 0 unspecified atom stereocenters. The lowest BCUT2D eigenvalue weighted by Crippen LogP contribution is -2.20. The van der Waals surface area contributed by atoms with Gasteiger partial charge in [0.05, 0.1) is 6.10 Å². The standard InChI is InChI=1S/C6H12O3/c7-9-8-6-4-2-1-3-5-6/h6-7H,1-5H2/p-1. The van der Waals surface area contributed by atoms with Crippen molar-refractivity contribution in [3.8, 4) is 0 Å². The Morgan fingerprint density at radius 1 is 1.11 bits per heavy atom. The molecule has 54 valence electrons. The van der Waals surface area contributed by atoms with Crippen LogP contribution in [0.4, 0.5) is 0 Å². The first-order chi connectivity index (χ1) is 4.43. The van der Waals surface area contributed by atoms with Gasteiger partial charge in [0.15, 0.2) is 0 Å². The van der Waals surface area contributed by atoms with E-state index in [-0.39, 0.29) is 6.10 Å². The van der Waals surface area contributed by atoms with Gasteiger partial charge in [-0.15, -0.1) is 0 Å². The van der Waals surface area contributed by atoms with Gasteiger partial charge in [-0.2, -0.15) is 0 Å². The molecule has 0 aromatic rings. The van der Waals surface area contributed by atoms with Gasteiger partial charge < -0.3 is 5.26 Å². The van der Waals surface area contributed by atoms with E-state index in [1.165, 1.54) is 6.42 Å². The van der Waals surface area contributed by atoms with Crippen molar-refractivity contribution in [2.45, 2.75) is 38.2 Å². The van der Waals surface area contributed by atoms with E-state index in [0.29, 0.717) is 0 Å². The average Bonchev–Trinajstić information content (AvgIpc) is 1.91. The zero-order chi connectivity index (χ0) is 6.53. The van der Waals surface area contributed by atoms with Gasteiger partial charge in [-0.1, -0.05) is 19.3 Å².